The summed E-state index contributed by atoms with van der Waals surface area (Å²) in [6.45, 7) is 3.29. The van der Waals surface area contributed by atoms with Crippen molar-refractivity contribution in [1.29, 1.82) is 0 Å². The number of hydrogen-bond acceptors (Lipinski definition) is 4. The first-order chi connectivity index (χ1) is 8.61. The van der Waals surface area contributed by atoms with E-state index in [0.29, 0.717) is 12.1 Å². The minimum absolute atomic E-state index is 0.0297. The Hall–Kier alpha value is -2.09. The molecule has 0 atom stereocenters. The van der Waals surface area contributed by atoms with Gasteiger partial charge in [0.1, 0.15) is 5.56 Å². The number of nitro benzene ring substituents is 1. The van der Waals surface area contributed by atoms with Gasteiger partial charge in [0.25, 0.3) is 11.6 Å². The Morgan fingerprint density at radius 3 is 2.42 bits per heavy atom. The van der Waals surface area contributed by atoms with Crippen molar-refractivity contribution in [1.82, 2.24) is 5.32 Å². The standard InChI is InChI=1S/C11H13F2N3O3/c1-11(2,14)5-15-10(17)6-3-7(12)8(13)4-9(6)16(18)19/h3-4H,5,14H2,1-2H3,(H,15,17). The van der Waals surface area contributed by atoms with E-state index in [-0.39, 0.29) is 6.54 Å². The van der Waals surface area contributed by atoms with Gasteiger partial charge in [-0.1, -0.05) is 0 Å². The molecule has 1 rings (SSSR count). The lowest BCUT2D eigenvalue weighted by Gasteiger charge is -2.18. The monoisotopic (exact) mass is 273 g/mol. The molecule has 8 heteroatoms. The number of nitrogens with zero attached hydrogens (tertiary/aromatic N) is 1. The van der Waals surface area contributed by atoms with Gasteiger partial charge in [0.15, 0.2) is 11.6 Å². The van der Waals surface area contributed by atoms with E-state index >= 15 is 0 Å². The van der Waals surface area contributed by atoms with Gasteiger partial charge in [-0.3, -0.25) is 14.9 Å². The van der Waals surface area contributed by atoms with E-state index in [4.69, 9.17) is 5.73 Å². The second-order valence-corrected chi connectivity index (χ2v) is 4.71. The van der Waals surface area contributed by atoms with Crippen LogP contribution in [0.25, 0.3) is 0 Å². The summed E-state index contributed by atoms with van der Waals surface area (Å²) < 4.78 is 26.0. The predicted octanol–water partition coefficient (Wildman–Crippen LogP) is 1.34. The largest absolute Gasteiger partial charge is 0.350 e. The van der Waals surface area contributed by atoms with E-state index in [1.54, 1.807) is 13.8 Å². The van der Waals surface area contributed by atoms with Crippen molar-refractivity contribution >= 4 is 11.6 Å². The quantitative estimate of drug-likeness (QED) is 0.638. The number of hydrogen-bond donors (Lipinski definition) is 2. The van der Waals surface area contributed by atoms with Gasteiger partial charge in [-0.15, -0.1) is 0 Å². The van der Waals surface area contributed by atoms with Gasteiger partial charge in [-0.2, -0.15) is 0 Å². The minimum atomic E-state index is -1.39. The molecule has 1 aromatic rings. The molecule has 0 spiro atoms. The maximum atomic E-state index is 13.1. The Labute approximate surface area is 107 Å². The van der Waals surface area contributed by atoms with Gasteiger partial charge >= 0.3 is 0 Å². The first kappa shape index (κ1) is 15.0. The van der Waals surface area contributed by atoms with Crippen LogP contribution in [0, 0.1) is 21.7 Å². The summed E-state index contributed by atoms with van der Waals surface area (Å²) in [5.74, 6) is -3.60. The van der Waals surface area contributed by atoms with Crippen molar-refractivity contribution in [2.45, 2.75) is 19.4 Å². The molecule has 104 valence electrons. The third-order valence-corrected chi connectivity index (χ3v) is 2.18. The number of nitro groups is 1. The Morgan fingerprint density at radius 1 is 1.42 bits per heavy atom. The van der Waals surface area contributed by atoms with Gasteiger partial charge in [-0.25, -0.2) is 8.78 Å². The zero-order valence-electron chi connectivity index (χ0n) is 10.4. The van der Waals surface area contributed by atoms with E-state index < -0.39 is 39.3 Å². The number of rotatable bonds is 4. The fourth-order valence-electron chi connectivity index (χ4n) is 1.27. The Morgan fingerprint density at radius 2 is 1.95 bits per heavy atom. The molecule has 6 nitrogen and oxygen atoms in total. The van der Waals surface area contributed by atoms with Gasteiger partial charge in [-0.05, 0) is 19.9 Å². The van der Waals surface area contributed by atoms with Crippen LogP contribution in [-0.4, -0.2) is 22.9 Å². The summed E-state index contributed by atoms with van der Waals surface area (Å²) in [7, 11) is 0. The van der Waals surface area contributed by atoms with Crippen molar-refractivity contribution in [2.24, 2.45) is 5.73 Å². The van der Waals surface area contributed by atoms with Crippen molar-refractivity contribution < 1.29 is 18.5 Å². The van der Waals surface area contributed by atoms with Crippen LogP contribution in [0.1, 0.15) is 24.2 Å². The zero-order valence-corrected chi connectivity index (χ0v) is 10.4. The van der Waals surface area contributed by atoms with E-state index in [1.807, 2.05) is 0 Å². The van der Waals surface area contributed by atoms with E-state index in [0.717, 1.165) is 0 Å². The van der Waals surface area contributed by atoms with Crippen LogP contribution < -0.4 is 11.1 Å². The number of halogens is 2. The van der Waals surface area contributed by atoms with Crippen LogP contribution >= 0.6 is 0 Å². The number of benzene rings is 1. The molecule has 0 fully saturated rings. The second-order valence-electron chi connectivity index (χ2n) is 4.71. The maximum Gasteiger partial charge on any atom is 0.285 e. The van der Waals surface area contributed by atoms with Gasteiger partial charge < -0.3 is 11.1 Å². The lowest BCUT2D eigenvalue weighted by molar-refractivity contribution is -0.385. The van der Waals surface area contributed by atoms with Crippen LogP contribution in [0.3, 0.4) is 0 Å². The zero-order chi connectivity index (χ0) is 14.8. The first-order valence-electron chi connectivity index (χ1n) is 5.32. The Kier molecular flexibility index (Phi) is 4.15. The molecule has 3 N–H and O–H groups in total. The lowest BCUT2D eigenvalue weighted by atomic mass is 10.1. The third kappa shape index (κ3) is 3.95. The summed E-state index contributed by atoms with van der Waals surface area (Å²) in [6, 6.07) is 0.865. The number of carbonyl (C=O) groups excluding carboxylic acids is 1. The van der Waals surface area contributed by atoms with Gasteiger partial charge in [0.2, 0.25) is 0 Å². The average molecular weight is 273 g/mol. The third-order valence-electron chi connectivity index (χ3n) is 2.18. The maximum absolute atomic E-state index is 13.1. The lowest BCUT2D eigenvalue weighted by Crippen LogP contribution is -2.45. The molecule has 0 bridgehead atoms. The summed E-state index contributed by atoms with van der Waals surface area (Å²) in [6.07, 6.45) is 0. The fraction of sp³-hybridized carbons (Fsp3) is 0.364. The average Bonchev–Trinajstić information content (AvgIpc) is 2.27. The van der Waals surface area contributed by atoms with Crippen LogP contribution in [-0.2, 0) is 0 Å². The molecule has 0 unspecified atom stereocenters. The summed E-state index contributed by atoms with van der Waals surface area (Å²) in [5.41, 5.74) is 3.55. The number of nitrogens with two attached hydrogens (primary N) is 1. The molecule has 0 aromatic heterocycles. The van der Waals surface area contributed by atoms with Crippen molar-refractivity contribution in [3.63, 3.8) is 0 Å². The topological polar surface area (TPSA) is 98.3 Å². The Balaban J connectivity index is 3.08. The minimum Gasteiger partial charge on any atom is -0.350 e. The molecular formula is C11H13F2N3O3. The summed E-state index contributed by atoms with van der Waals surface area (Å²) in [4.78, 5) is 21.5. The molecule has 0 aliphatic heterocycles. The van der Waals surface area contributed by atoms with Crippen molar-refractivity contribution in [3.8, 4) is 0 Å². The fourth-order valence-corrected chi connectivity index (χ4v) is 1.27. The second kappa shape index (κ2) is 5.27. The molecule has 1 amide bonds. The normalized spacial score (nSPS) is 11.2. The van der Waals surface area contributed by atoms with Gasteiger partial charge in [0.05, 0.1) is 11.0 Å². The number of amides is 1. The molecule has 1 aromatic carbocycles. The summed E-state index contributed by atoms with van der Waals surface area (Å²) in [5, 5.41) is 13.0. The highest BCUT2D eigenvalue weighted by atomic mass is 19.2. The number of nitrogens with one attached hydrogen (secondary N) is 1. The van der Waals surface area contributed by atoms with E-state index in [1.165, 1.54) is 0 Å². The molecule has 0 radical (unpaired) electrons. The highest BCUT2D eigenvalue weighted by Gasteiger charge is 2.24. The highest BCUT2D eigenvalue weighted by molar-refractivity contribution is 5.98. The molecule has 0 heterocycles. The SMILES string of the molecule is CC(C)(N)CNC(=O)c1cc(F)c(F)cc1[N+](=O)[O-]. The highest BCUT2D eigenvalue weighted by Crippen LogP contribution is 2.22. The van der Waals surface area contributed by atoms with Crippen LogP contribution in [0.5, 0.6) is 0 Å². The molecule has 0 aliphatic rings. The smallest absolute Gasteiger partial charge is 0.285 e. The van der Waals surface area contributed by atoms with Crippen LogP contribution in [0.15, 0.2) is 12.1 Å². The predicted molar refractivity (Wildman–Crippen MR) is 63.6 cm³/mol. The molecule has 19 heavy (non-hydrogen) atoms. The number of carbonyl (C=O) groups is 1. The first-order valence-corrected chi connectivity index (χ1v) is 5.32. The molecule has 0 saturated heterocycles. The molecule has 0 saturated carbocycles. The van der Waals surface area contributed by atoms with E-state index in [9.17, 15) is 23.7 Å². The van der Waals surface area contributed by atoms with Crippen molar-refractivity contribution in [3.05, 3.63) is 39.4 Å². The van der Waals surface area contributed by atoms with Crippen LogP contribution in [0.2, 0.25) is 0 Å². The Bertz CT molecular complexity index is 527. The summed E-state index contributed by atoms with van der Waals surface area (Å²) >= 11 is 0. The molecular weight excluding hydrogens is 260 g/mol. The van der Waals surface area contributed by atoms with Crippen molar-refractivity contribution in [2.75, 3.05) is 6.54 Å². The van der Waals surface area contributed by atoms with Gasteiger partial charge in [0, 0.05) is 12.1 Å². The van der Waals surface area contributed by atoms with E-state index in [2.05, 4.69) is 5.32 Å². The van der Waals surface area contributed by atoms with Crippen LogP contribution in [0.4, 0.5) is 14.5 Å². The molecule has 0 aliphatic carbocycles.